The lowest BCUT2D eigenvalue weighted by atomic mass is 10.0. The molecule has 2 rings (SSSR count). The minimum absolute atomic E-state index is 0.00588. The minimum Gasteiger partial charge on any atom is -0.462 e. The number of hydrogen-bond donors (Lipinski definition) is 1. The molecule has 0 spiro atoms. The van der Waals surface area contributed by atoms with Crippen molar-refractivity contribution >= 4 is 28.2 Å². The predicted molar refractivity (Wildman–Crippen MR) is 94.2 cm³/mol. The number of nitrogens with one attached hydrogen (secondary N) is 1. The SMILES string of the molecule is CCOC(=O)c1c(NC(=O)CCC2CCCC2)sc(C)c1CC. The van der Waals surface area contributed by atoms with Gasteiger partial charge in [0.05, 0.1) is 12.2 Å². The summed E-state index contributed by atoms with van der Waals surface area (Å²) in [4.78, 5) is 25.6. The van der Waals surface area contributed by atoms with Crippen molar-refractivity contribution in [2.75, 3.05) is 11.9 Å². The number of ether oxygens (including phenoxy) is 1. The van der Waals surface area contributed by atoms with Crippen LogP contribution in [0.1, 0.15) is 73.2 Å². The van der Waals surface area contributed by atoms with E-state index in [9.17, 15) is 9.59 Å². The van der Waals surface area contributed by atoms with Crippen molar-refractivity contribution in [3.63, 3.8) is 0 Å². The summed E-state index contributed by atoms with van der Waals surface area (Å²) in [6.45, 7) is 6.14. The normalized spacial score (nSPS) is 14.9. The maximum atomic E-state index is 12.3. The van der Waals surface area contributed by atoms with Gasteiger partial charge in [0.15, 0.2) is 0 Å². The lowest BCUT2D eigenvalue weighted by Gasteiger charge is -2.10. The summed E-state index contributed by atoms with van der Waals surface area (Å²) in [5.41, 5.74) is 1.53. The van der Waals surface area contributed by atoms with Crippen molar-refractivity contribution in [2.24, 2.45) is 5.92 Å². The molecular weight excluding hydrogens is 310 g/mol. The Hall–Kier alpha value is -1.36. The molecular formula is C18H27NO3S. The molecule has 1 saturated carbocycles. The lowest BCUT2D eigenvalue weighted by molar-refractivity contribution is -0.116. The molecule has 1 aliphatic carbocycles. The minimum atomic E-state index is -0.334. The van der Waals surface area contributed by atoms with Gasteiger partial charge in [0.25, 0.3) is 0 Å². The number of carbonyl (C=O) groups excluding carboxylic acids is 2. The van der Waals surface area contributed by atoms with Gasteiger partial charge in [0, 0.05) is 11.3 Å². The quantitative estimate of drug-likeness (QED) is 0.733. The van der Waals surface area contributed by atoms with E-state index in [0.29, 0.717) is 29.5 Å². The Bertz CT molecular complexity index is 559. The van der Waals surface area contributed by atoms with E-state index in [1.54, 1.807) is 6.92 Å². The van der Waals surface area contributed by atoms with Gasteiger partial charge in [0.2, 0.25) is 5.91 Å². The first-order chi connectivity index (χ1) is 11.1. The van der Waals surface area contributed by atoms with Crippen LogP contribution in [0.25, 0.3) is 0 Å². The molecule has 5 heteroatoms. The zero-order valence-electron chi connectivity index (χ0n) is 14.4. The predicted octanol–water partition coefficient (Wildman–Crippen LogP) is 4.70. The molecule has 0 atom stereocenters. The summed E-state index contributed by atoms with van der Waals surface area (Å²) < 4.78 is 5.16. The average Bonchev–Trinajstić information content (AvgIpc) is 3.12. The number of esters is 1. The van der Waals surface area contributed by atoms with Crippen LogP contribution in [0.3, 0.4) is 0 Å². The fraction of sp³-hybridized carbons (Fsp3) is 0.667. The largest absolute Gasteiger partial charge is 0.462 e. The molecule has 1 amide bonds. The molecule has 0 aromatic carbocycles. The third-order valence-corrected chi connectivity index (χ3v) is 5.61. The smallest absolute Gasteiger partial charge is 0.341 e. The number of carbonyl (C=O) groups is 2. The summed E-state index contributed by atoms with van der Waals surface area (Å²) in [6.07, 6.45) is 7.33. The standard InChI is InChI=1S/C18H27NO3S/c1-4-14-12(3)23-17(16(14)18(21)22-5-2)19-15(20)11-10-13-8-6-7-9-13/h13H,4-11H2,1-3H3,(H,19,20). The summed E-state index contributed by atoms with van der Waals surface area (Å²) in [7, 11) is 0. The number of hydrogen-bond acceptors (Lipinski definition) is 4. The van der Waals surface area contributed by atoms with E-state index in [0.717, 1.165) is 23.3 Å². The Balaban J connectivity index is 2.05. The highest BCUT2D eigenvalue weighted by Crippen LogP contribution is 2.34. The molecule has 4 nitrogen and oxygen atoms in total. The number of aryl methyl sites for hydroxylation is 1. The van der Waals surface area contributed by atoms with Gasteiger partial charge < -0.3 is 10.1 Å². The van der Waals surface area contributed by atoms with Crippen molar-refractivity contribution in [1.29, 1.82) is 0 Å². The fourth-order valence-electron chi connectivity index (χ4n) is 3.34. The first kappa shape index (κ1) is 18.0. The number of anilines is 1. The van der Waals surface area contributed by atoms with Gasteiger partial charge in [-0.1, -0.05) is 32.6 Å². The number of thiophene rings is 1. The first-order valence-electron chi connectivity index (χ1n) is 8.66. The molecule has 1 heterocycles. The fourth-order valence-corrected chi connectivity index (χ4v) is 4.48. The molecule has 1 aromatic rings. The molecule has 0 saturated heterocycles. The summed E-state index contributed by atoms with van der Waals surface area (Å²) >= 11 is 1.47. The molecule has 1 N–H and O–H groups in total. The molecule has 0 radical (unpaired) electrons. The van der Waals surface area contributed by atoms with Crippen LogP contribution in [0, 0.1) is 12.8 Å². The van der Waals surface area contributed by atoms with E-state index in [-0.39, 0.29) is 11.9 Å². The van der Waals surface area contributed by atoms with Crippen molar-refractivity contribution in [3.05, 3.63) is 16.0 Å². The van der Waals surface area contributed by atoms with E-state index in [2.05, 4.69) is 5.32 Å². The van der Waals surface area contributed by atoms with Crippen LogP contribution in [0.2, 0.25) is 0 Å². The monoisotopic (exact) mass is 337 g/mol. The van der Waals surface area contributed by atoms with Gasteiger partial charge in [-0.05, 0) is 38.2 Å². The van der Waals surface area contributed by atoms with Crippen LogP contribution in [-0.2, 0) is 16.0 Å². The maximum Gasteiger partial charge on any atom is 0.341 e. The van der Waals surface area contributed by atoms with E-state index >= 15 is 0 Å². The van der Waals surface area contributed by atoms with Gasteiger partial charge in [-0.15, -0.1) is 11.3 Å². The summed E-state index contributed by atoms with van der Waals surface area (Å²) in [5.74, 6) is 0.368. The number of amides is 1. The van der Waals surface area contributed by atoms with Gasteiger partial charge in [0.1, 0.15) is 5.00 Å². The molecule has 0 unspecified atom stereocenters. The van der Waals surface area contributed by atoms with Crippen molar-refractivity contribution in [1.82, 2.24) is 0 Å². The molecule has 1 fully saturated rings. The Labute approximate surface area is 142 Å². The van der Waals surface area contributed by atoms with E-state index < -0.39 is 0 Å². The van der Waals surface area contributed by atoms with Gasteiger partial charge >= 0.3 is 5.97 Å². The van der Waals surface area contributed by atoms with Crippen molar-refractivity contribution < 1.29 is 14.3 Å². The Morgan fingerprint density at radius 3 is 2.57 bits per heavy atom. The van der Waals surface area contributed by atoms with Crippen LogP contribution in [0.5, 0.6) is 0 Å². The molecule has 0 aliphatic heterocycles. The molecule has 0 bridgehead atoms. The van der Waals surface area contributed by atoms with Crippen LogP contribution in [0.15, 0.2) is 0 Å². The van der Waals surface area contributed by atoms with Gasteiger partial charge in [-0.25, -0.2) is 4.79 Å². The maximum absolute atomic E-state index is 12.3. The third kappa shape index (κ3) is 4.56. The zero-order valence-corrected chi connectivity index (χ0v) is 15.2. The first-order valence-corrected chi connectivity index (χ1v) is 9.47. The van der Waals surface area contributed by atoms with Gasteiger partial charge in [-0.2, -0.15) is 0 Å². The van der Waals surface area contributed by atoms with Crippen molar-refractivity contribution in [2.45, 2.75) is 65.7 Å². The van der Waals surface area contributed by atoms with Gasteiger partial charge in [-0.3, -0.25) is 4.79 Å². The molecule has 1 aliphatic rings. The van der Waals surface area contributed by atoms with Crippen LogP contribution in [-0.4, -0.2) is 18.5 Å². The molecule has 128 valence electrons. The van der Waals surface area contributed by atoms with Crippen LogP contribution >= 0.6 is 11.3 Å². The topological polar surface area (TPSA) is 55.4 Å². The highest BCUT2D eigenvalue weighted by molar-refractivity contribution is 7.16. The Morgan fingerprint density at radius 2 is 1.96 bits per heavy atom. The van der Waals surface area contributed by atoms with Crippen LogP contribution < -0.4 is 5.32 Å². The summed E-state index contributed by atoms with van der Waals surface area (Å²) in [6, 6.07) is 0. The second-order valence-corrected chi connectivity index (χ2v) is 7.38. The van der Waals surface area contributed by atoms with E-state index in [1.807, 2.05) is 13.8 Å². The third-order valence-electron chi connectivity index (χ3n) is 4.55. The number of rotatable bonds is 7. The zero-order chi connectivity index (χ0) is 16.8. The molecule has 23 heavy (non-hydrogen) atoms. The average molecular weight is 337 g/mol. The second-order valence-electron chi connectivity index (χ2n) is 6.15. The van der Waals surface area contributed by atoms with Crippen molar-refractivity contribution in [3.8, 4) is 0 Å². The second kappa shape index (κ2) is 8.48. The lowest BCUT2D eigenvalue weighted by Crippen LogP contribution is -2.15. The Morgan fingerprint density at radius 1 is 1.26 bits per heavy atom. The Kier molecular flexibility index (Phi) is 6.63. The van der Waals surface area contributed by atoms with Crippen LogP contribution in [0.4, 0.5) is 5.00 Å². The van der Waals surface area contributed by atoms with E-state index in [4.69, 9.17) is 4.74 Å². The van der Waals surface area contributed by atoms with E-state index in [1.165, 1.54) is 37.0 Å². The molecule has 1 aromatic heterocycles. The summed E-state index contributed by atoms with van der Waals surface area (Å²) in [5, 5.41) is 3.60. The highest BCUT2D eigenvalue weighted by Gasteiger charge is 2.24. The highest BCUT2D eigenvalue weighted by atomic mass is 32.1.